The number of methoxy groups -OCH3 is 1. The fraction of sp³-hybridized carbons (Fsp3) is 0.333. The summed E-state index contributed by atoms with van der Waals surface area (Å²) in [4.78, 5) is 17.1. The van der Waals surface area contributed by atoms with Crippen molar-refractivity contribution in [3.8, 4) is 11.5 Å². The van der Waals surface area contributed by atoms with Gasteiger partial charge in [-0.1, -0.05) is 0 Å². The van der Waals surface area contributed by atoms with Gasteiger partial charge in [0.25, 0.3) is 0 Å². The number of nitrogens with zero attached hydrogens (tertiary/aromatic N) is 3. The molecular formula is C15H14BrN3O3. The van der Waals surface area contributed by atoms with Crippen molar-refractivity contribution in [1.82, 2.24) is 14.1 Å². The van der Waals surface area contributed by atoms with Crippen molar-refractivity contribution < 1.29 is 9.47 Å². The van der Waals surface area contributed by atoms with E-state index in [1.807, 2.05) is 13.0 Å². The number of hydrogen-bond acceptors (Lipinski definition) is 4. The Morgan fingerprint density at radius 1 is 1.50 bits per heavy atom. The Kier molecular flexibility index (Phi) is 2.78. The van der Waals surface area contributed by atoms with Gasteiger partial charge >= 0.3 is 5.69 Å². The van der Waals surface area contributed by atoms with Gasteiger partial charge in [-0.2, -0.15) is 0 Å². The van der Waals surface area contributed by atoms with E-state index in [1.165, 1.54) is 0 Å². The summed E-state index contributed by atoms with van der Waals surface area (Å²) >= 11 is 3.55. The van der Waals surface area contributed by atoms with Gasteiger partial charge in [0.15, 0.2) is 0 Å². The van der Waals surface area contributed by atoms with Crippen molar-refractivity contribution in [1.29, 1.82) is 0 Å². The highest BCUT2D eigenvalue weighted by atomic mass is 79.9. The van der Waals surface area contributed by atoms with Crippen LogP contribution in [0.4, 0.5) is 0 Å². The van der Waals surface area contributed by atoms with Crippen molar-refractivity contribution in [3.05, 3.63) is 27.2 Å². The monoisotopic (exact) mass is 363 g/mol. The van der Waals surface area contributed by atoms with E-state index in [9.17, 15) is 4.79 Å². The van der Waals surface area contributed by atoms with E-state index in [0.29, 0.717) is 18.1 Å². The summed E-state index contributed by atoms with van der Waals surface area (Å²) in [5, 5.41) is 0.840. The summed E-state index contributed by atoms with van der Waals surface area (Å²) in [6, 6.07) is 1.79. The number of hydrogen-bond donors (Lipinski definition) is 0. The Morgan fingerprint density at radius 2 is 2.27 bits per heavy atom. The quantitative estimate of drug-likeness (QED) is 0.666. The third kappa shape index (κ3) is 1.54. The maximum atomic E-state index is 12.6. The third-order valence-electron chi connectivity index (χ3n) is 4.20. The number of pyridine rings is 1. The van der Waals surface area contributed by atoms with Crippen LogP contribution >= 0.6 is 15.9 Å². The van der Waals surface area contributed by atoms with E-state index in [1.54, 1.807) is 29.5 Å². The summed E-state index contributed by atoms with van der Waals surface area (Å²) in [5.41, 5.74) is 2.35. The second kappa shape index (κ2) is 4.49. The summed E-state index contributed by atoms with van der Waals surface area (Å²) in [6.07, 6.45) is 1.73. The van der Waals surface area contributed by atoms with Crippen molar-refractivity contribution in [2.24, 2.45) is 7.05 Å². The van der Waals surface area contributed by atoms with Crippen molar-refractivity contribution in [2.75, 3.05) is 13.7 Å². The average molecular weight is 364 g/mol. The van der Waals surface area contributed by atoms with Crippen molar-refractivity contribution in [3.63, 3.8) is 0 Å². The first-order valence-corrected chi connectivity index (χ1v) is 7.72. The summed E-state index contributed by atoms with van der Waals surface area (Å²) < 4.78 is 15.5. The lowest BCUT2D eigenvalue weighted by molar-refractivity contribution is 0.264. The molecule has 0 fully saturated rings. The van der Waals surface area contributed by atoms with Crippen LogP contribution in [0.15, 0.2) is 21.5 Å². The first-order chi connectivity index (χ1) is 10.5. The second-order valence-corrected chi connectivity index (χ2v) is 6.27. The lowest BCUT2D eigenvalue weighted by Gasteiger charge is -2.13. The largest absolute Gasteiger partial charge is 0.495 e. The molecule has 1 atom stereocenters. The maximum Gasteiger partial charge on any atom is 0.329 e. The summed E-state index contributed by atoms with van der Waals surface area (Å²) in [7, 11) is 3.37. The van der Waals surface area contributed by atoms with E-state index in [2.05, 4.69) is 20.9 Å². The van der Waals surface area contributed by atoms with Gasteiger partial charge in [0.2, 0.25) is 0 Å². The van der Waals surface area contributed by atoms with Gasteiger partial charge in [0.05, 0.1) is 41.3 Å². The minimum atomic E-state index is -0.0629. The Morgan fingerprint density at radius 3 is 3.00 bits per heavy atom. The van der Waals surface area contributed by atoms with Crippen molar-refractivity contribution >= 4 is 37.9 Å². The molecule has 1 aliphatic rings. The lowest BCUT2D eigenvalue weighted by Crippen LogP contribution is -2.27. The van der Waals surface area contributed by atoms with Gasteiger partial charge < -0.3 is 9.47 Å². The molecule has 6 nitrogen and oxygen atoms in total. The minimum absolute atomic E-state index is 0.0554. The van der Waals surface area contributed by atoms with E-state index in [0.717, 1.165) is 26.4 Å². The van der Waals surface area contributed by atoms with E-state index in [4.69, 9.17) is 9.47 Å². The molecule has 0 aliphatic carbocycles. The highest BCUT2D eigenvalue weighted by Gasteiger charge is 2.27. The number of aryl methyl sites for hydroxylation is 1. The molecule has 3 heterocycles. The Balaban J connectivity index is 2.32. The smallest absolute Gasteiger partial charge is 0.329 e. The van der Waals surface area contributed by atoms with Crippen LogP contribution in [0.3, 0.4) is 0 Å². The molecule has 114 valence electrons. The fourth-order valence-corrected chi connectivity index (χ4v) is 3.66. The van der Waals surface area contributed by atoms with Crippen LogP contribution in [-0.4, -0.2) is 27.8 Å². The molecule has 0 amide bonds. The molecule has 7 heteroatoms. The van der Waals surface area contributed by atoms with Gasteiger partial charge in [0, 0.05) is 13.1 Å². The molecule has 0 saturated carbocycles. The summed E-state index contributed by atoms with van der Waals surface area (Å²) in [5.74, 6) is 1.34. The molecule has 1 aromatic carbocycles. The zero-order chi connectivity index (χ0) is 15.6. The number of halogens is 1. The van der Waals surface area contributed by atoms with Gasteiger partial charge in [-0.15, -0.1) is 0 Å². The number of ether oxygens (including phenoxy) is 2. The zero-order valence-electron chi connectivity index (χ0n) is 12.4. The Hall–Kier alpha value is -2.02. The van der Waals surface area contributed by atoms with Gasteiger partial charge in [-0.3, -0.25) is 14.1 Å². The van der Waals surface area contributed by atoms with Crippen LogP contribution in [0.1, 0.15) is 13.0 Å². The normalized spacial score (nSPS) is 17.0. The van der Waals surface area contributed by atoms with Crippen LogP contribution in [0, 0.1) is 0 Å². The van der Waals surface area contributed by atoms with Gasteiger partial charge in [-0.25, -0.2) is 4.79 Å². The number of benzene rings is 1. The molecule has 0 radical (unpaired) electrons. The summed E-state index contributed by atoms with van der Waals surface area (Å²) in [6.45, 7) is 2.39. The van der Waals surface area contributed by atoms with E-state index >= 15 is 0 Å². The molecular weight excluding hydrogens is 350 g/mol. The van der Waals surface area contributed by atoms with Gasteiger partial charge in [-0.05, 0) is 22.9 Å². The highest BCUT2D eigenvalue weighted by molar-refractivity contribution is 9.10. The SMILES string of the molecule is COc1cc2ncc3c4c2c(c1Br)OC[C@H](C)n4c(=O)n3C. The molecule has 3 aromatic rings. The van der Waals surface area contributed by atoms with E-state index < -0.39 is 0 Å². The predicted octanol–water partition coefficient (Wildman–Crippen LogP) is 2.61. The molecule has 0 unspecified atom stereocenters. The molecule has 22 heavy (non-hydrogen) atoms. The molecule has 0 bridgehead atoms. The Labute approximate surface area is 134 Å². The van der Waals surface area contributed by atoms with Gasteiger partial charge in [0.1, 0.15) is 22.6 Å². The molecule has 1 aliphatic heterocycles. The van der Waals surface area contributed by atoms with Crippen LogP contribution in [0.25, 0.3) is 21.9 Å². The number of aromatic nitrogens is 3. The third-order valence-corrected chi connectivity index (χ3v) is 4.95. The highest BCUT2D eigenvalue weighted by Crippen LogP contribution is 2.44. The minimum Gasteiger partial charge on any atom is -0.495 e. The molecule has 2 aromatic heterocycles. The van der Waals surface area contributed by atoms with Crippen molar-refractivity contribution in [2.45, 2.75) is 13.0 Å². The van der Waals surface area contributed by atoms with Crippen LogP contribution < -0.4 is 15.2 Å². The Bertz CT molecular complexity index is 990. The first kappa shape index (κ1) is 13.6. The first-order valence-electron chi connectivity index (χ1n) is 6.93. The number of imidazole rings is 1. The predicted molar refractivity (Wildman–Crippen MR) is 86.9 cm³/mol. The maximum absolute atomic E-state index is 12.6. The van der Waals surface area contributed by atoms with Crippen LogP contribution in [0.2, 0.25) is 0 Å². The molecule has 0 N–H and O–H groups in total. The van der Waals surface area contributed by atoms with E-state index in [-0.39, 0.29) is 11.7 Å². The number of rotatable bonds is 1. The fourth-order valence-electron chi connectivity index (χ4n) is 3.07. The second-order valence-electron chi connectivity index (χ2n) is 5.48. The molecule has 4 rings (SSSR count). The van der Waals surface area contributed by atoms with Crippen LogP contribution in [-0.2, 0) is 7.05 Å². The van der Waals surface area contributed by atoms with Crippen LogP contribution in [0.5, 0.6) is 11.5 Å². The topological polar surface area (TPSA) is 58.3 Å². The lowest BCUT2D eigenvalue weighted by atomic mass is 10.1. The molecule has 0 saturated heterocycles. The zero-order valence-corrected chi connectivity index (χ0v) is 14.0. The standard InChI is InChI=1S/C15H14BrN3O3/c1-7-6-22-14-11-8(4-10(21-3)12(14)16)17-5-9-13(11)19(7)15(20)18(9)2/h4-5,7H,6H2,1-3H3/t7-/m0/s1. The average Bonchev–Trinajstić information content (AvgIpc) is 2.67. The molecule has 0 spiro atoms.